The highest BCUT2D eigenvalue weighted by molar-refractivity contribution is 6.00. The van der Waals surface area contributed by atoms with E-state index in [1.807, 2.05) is 0 Å². The highest BCUT2D eigenvalue weighted by atomic mass is 16.5. The summed E-state index contributed by atoms with van der Waals surface area (Å²) >= 11 is 0. The number of carbonyl (C=O) groups is 2. The quantitative estimate of drug-likeness (QED) is 0.743. The van der Waals surface area contributed by atoms with Gasteiger partial charge in [0.25, 0.3) is 0 Å². The predicted octanol–water partition coefficient (Wildman–Crippen LogP) is 0.721. The minimum atomic E-state index is -1.02. The van der Waals surface area contributed by atoms with Gasteiger partial charge >= 0.3 is 5.97 Å². The van der Waals surface area contributed by atoms with Gasteiger partial charge in [-0.15, -0.1) is 0 Å². The average molecular weight is 212 g/mol. The van der Waals surface area contributed by atoms with Crippen molar-refractivity contribution in [3.8, 4) is 0 Å². The Morgan fingerprint density at radius 2 is 2.13 bits per heavy atom. The van der Waals surface area contributed by atoms with Crippen LogP contribution in [0.4, 0.5) is 0 Å². The fourth-order valence-electron chi connectivity index (χ4n) is 1.37. The van der Waals surface area contributed by atoms with E-state index in [0.717, 1.165) is 0 Å². The third kappa shape index (κ3) is 2.37. The number of hydrogen-bond acceptors (Lipinski definition) is 4. The van der Waals surface area contributed by atoms with Crippen LogP contribution in [-0.4, -0.2) is 31.1 Å². The summed E-state index contributed by atoms with van der Waals surface area (Å²) in [6, 6.07) is 0. The van der Waals surface area contributed by atoms with Crippen LogP contribution in [0.3, 0.4) is 0 Å². The molecule has 15 heavy (non-hydrogen) atoms. The molecule has 5 heteroatoms. The zero-order valence-corrected chi connectivity index (χ0v) is 8.52. The first-order valence-electron chi connectivity index (χ1n) is 4.36. The number of methoxy groups -OCH3 is 2. The number of hydrogen-bond donors (Lipinski definition) is 1. The Morgan fingerprint density at radius 3 is 2.60 bits per heavy atom. The molecule has 0 saturated heterocycles. The van der Waals surface area contributed by atoms with Crippen LogP contribution >= 0.6 is 0 Å². The third-order valence-corrected chi connectivity index (χ3v) is 2.08. The molecular formula is C10H12O5. The van der Waals surface area contributed by atoms with Crippen LogP contribution in [0.15, 0.2) is 23.7 Å². The number of ether oxygens (including phenoxy) is 2. The number of carbonyl (C=O) groups excluding carboxylic acids is 1. The summed E-state index contributed by atoms with van der Waals surface area (Å²) in [5.74, 6) is -1.65. The summed E-state index contributed by atoms with van der Waals surface area (Å²) in [5.41, 5.74) is 0. The molecule has 0 aromatic heterocycles. The van der Waals surface area contributed by atoms with Gasteiger partial charge < -0.3 is 14.6 Å². The lowest BCUT2D eigenvalue weighted by Gasteiger charge is -2.17. The van der Waals surface area contributed by atoms with E-state index >= 15 is 0 Å². The van der Waals surface area contributed by atoms with Gasteiger partial charge in [-0.05, 0) is 6.08 Å². The molecule has 1 aliphatic carbocycles. The Bertz CT molecular complexity index is 340. The van der Waals surface area contributed by atoms with Gasteiger partial charge in [-0.1, -0.05) is 6.08 Å². The molecule has 0 spiro atoms. The fourth-order valence-corrected chi connectivity index (χ4v) is 1.37. The maximum absolute atomic E-state index is 11.7. The van der Waals surface area contributed by atoms with Gasteiger partial charge in [0.1, 0.15) is 0 Å². The Labute approximate surface area is 87.0 Å². The molecular weight excluding hydrogens is 200 g/mol. The molecule has 1 aliphatic rings. The van der Waals surface area contributed by atoms with E-state index in [4.69, 9.17) is 14.6 Å². The minimum absolute atomic E-state index is 0.0752. The zero-order valence-electron chi connectivity index (χ0n) is 8.52. The van der Waals surface area contributed by atoms with Crippen molar-refractivity contribution in [1.29, 1.82) is 0 Å². The van der Waals surface area contributed by atoms with E-state index in [9.17, 15) is 9.59 Å². The maximum Gasteiger partial charge on any atom is 0.304 e. The molecule has 0 heterocycles. The van der Waals surface area contributed by atoms with Gasteiger partial charge in [0.15, 0.2) is 5.76 Å². The van der Waals surface area contributed by atoms with Crippen LogP contribution < -0.4 is 0 Å². The monoisotopic (exact) mass is 212 g/mol. The topological polar surface area (TPSA) is 72.8 Å². The second-order valence-electron chi connectivity index (χ2n) is 3.03. The van der Waals surface area contributed by atoms with Crippen LogP contribution in [0.5, 0.6) is 0 Å². The van der Waals surface area contributed by atoms with E-state index in [2.05, 4.69) is 0 Å². The van der Waals surface area contributed by atoms with Gasteiger partial charge in [0.2, 0.25) is 11.5 Å². The van der Waals surface area contributed by atoms with Crippen molar-refractivity contribution in [3.63, 3.8) is 0 Å². The Balaban J connectivity index is 2.90. The molecule has 0 saturated carbocycles. The molecule has 1 atom stereocenters. The van der Waals surface area contributed by atoms with E-state index in [-0.39, 0.29) is 18.0 Å². The lowest BCUT2D eigenvalue weighted by molar-refractivity contribution is -0.139. The predicted molar refractivity (Wildman–Crippen MR) is 50.9 cm³/mol. The molecule has 1 N–H and O–H groups in total. The number of rotatable bonds is 4. The number of Topliss-reactive ketones (excluding diaryl/α,β-unsaturated/α-hetero) is 1. The first-order valence-corrected chi connectivity index (χ1v) is 4.36. The number of aliphatic carboxylic acids is 1. The van der Waals surface area contributed by atoms with Gasteiger partial charge in [-0.2, -0.15) is 0 Å². The van der Waals surface area contributed by atoms with Crippen LogP contribution in [0.25, 0.3) is 0 Å². The van der Waals surface area contributed by atoms with E-state index in [1.165, 1.54) is 20.3 Å². The van der Waals surface area contributed by atoms with Crippen molar-refractivity contribution in [2.75, 3.05) is 14.2 Å². The maximum atomic E-state index is 11.7. The summed E-state index contributed by atoms with van der Waals surface area (Å²) in [6.07, 6.45) is 2.82. The molecule has 0 amide bonds. The molecule has 0 aromatic carbocycles. The van der Waals surface area contributed by atoms with E-state index in [0.29, 0.717) is 5.76 Å². The van der Waals surface area contributed by atoms with Gasteiger partial charge in [-0.3, -0.25) is 9.59 Å². The third-order valence-electron chi connectivity index (χ3n) is 2.08. The van der Waals surface area contributed by atoms with Crippen molar-refractivity contribution < 1.29 is 24.2 Å². The SMILES string of the molecule is COC1=C(OC)C(=O)C(CC(=O)O)C=C1. The van der Waals surface area contributed by atoms with Gasteiger partial charge in [0, 0.05) is 0 Å². The summed E-state index contributed by atoms with van der Waals surface area (Å²) < 4.78 is 9.80. The van der Waals surface area contributed by atoms with Crippen LogP contribution in [0.1, 0.15) is 6.42 Å². The van der Waals surface area contributed by atoms with Crippen LogP contribution in [0, 0.1) is 5.92 Å². The van der Waals surface area contributed by atoms with Crippen LogP contribution in [0.2, 0.25) is 0 Å². The largest absolute Gasteiger partial charge is 0.493 e. The molecule has 0 bridgehead atoms. The standard InChI is InChI=1S/C10H12O5/c1-14-7-4-3-6(5-8(11)12)9(13)10(7)15-2/h3-4,6H,5H2,1-2H3,(H,11,12). The van der Waals surface area contributed by atoms with E-state index in [1.54, 1.807) is 6.08 Å². The van der Waals surface area contributed by atoms with Crippen molar-refractivity contribution in [3.05, 3.63) is 23.7 Å². The number of carboxylic acids is 1. The van der Waals surface area contributed by atoms with E-state index < -0.39 is 11.9 Å². The van der Waals surface area contributed by atoms with Crippen molar-refractivity contribution in [2.45, 2.75) is 6.42 Å². The molecule has 0 aliphatic heterocycles. The van der Waals surface area contributed by atoms with Crippen molar-refractivity contribution in [2.24, 2.45) is 5.92 Å². The second kappa shape index (κ2) is 4.63. The fraction of sp³-hybridized carbons (Fsp3) is 0.400. The van der Waals surface area contributed by atoms with Crippen molar-refractivity contribution in [1.82, 2.24) is 0 Å². The highest BCUT2D eigenvalue weighted by Crippen LogP contribution is 2.23. The Kier molecular flexibility index (Phi) is 3.49. The van der Waals surface area contributed by atoms with Crippen LogP contribution in [-0.2, 0) is 19.1 Å². The average Bonchev–Trinajstić information content (AvgIpc) is 2.20. The molecule has 5 nitrogen and oxygen atoms in total. The van der Waals surface area contributed by atoms with Crippen molar-refractivity contribution >= 4 is 11.8 Å². The summed E-state index contributed by atoms with van der Waals surface area (Å²) in [5, 5.41) is 8.59. The number of carboxylic acid groups (broad SMARTS) is 1. The smallest absolute Gasteiger partial charge is 0.304 e. The second-order valence-corrected chi connectivity index (χ2v) is 3.03. The molecule has 1 rings (SSSR count). The highest BCUT2D eigenvalue weighted by Gasteiger charge is 2.29. The number of allylic oxidation sites excluding steroid dienone is 3. The normalized spacial score (nSPS) is 20.4. The summed E-state index contributed by atoms with van der Waals surface area (Å²) in [6.45, 7) is 0. The van der Waals surface area contributed by atoms with Gasteiger partial charge in [-0.25, -0.2) is 0 Å². The molecule has 0 aromatic rings. The number of ketones is 1. The first kappa shape index (κ1) is 11.3. The molecule has 0 radical (unpaired) electrons. The lowest BCUT2D eigenvalue weighted by Crippen LogP contribution is -2.23. The molecule has 82 valence electrons. The first-order chi connectivity index (χ1) is 7.10. The molecule has 0 fully saturated rings. The lowest BCUT2D eigenvalue weighted by atomic mass is 9.94. The Hall–Kier alpha value is -1.78. The summed E-state index contributed by atoms with van der Waals surface area (Å²) in [7, 11) is 2.77. The minimum Gasteiger partial charge on any atom is -0.493 e. The zero-order chi connectivity index (χ0) is 11.4. The summed E-state index contributed by atoms with van der Waals surface area (Å²) in [4.78, 5) is 22.2. The van der Waals surface area contributed by atoms with Gasteiger partial charge in [0.05, 0.1) is 26.6 Å². The molecule has 1 unspecified atom stereocenters. The Morgan fingerprint density at radius 1 is 1.47 bits per heavy atom.